The molecular formula is C33H35N5O7. The Morgan fingerprint density at radius 1 is 1.11 bits per heavy atom. The van der Waals surface area contributed by atoms with Gasteiger partial charge in [0.25, 0.3) is 17.2 Å². The van der Waals surface area contributed by atoms with Gasteiger partial charge in [0.2, 0.25) is 0 Å². The Labute approximate surface area is 260 Å². The number of benzene rings is 3. The first-order valence-electron chi connectivity index (χ1n) is 14.8. The van der Waals surface area contributed by atoms with Gasteiger partial charge in [-0.15, -0.1) is 0 Å². The first kappa shape index (κ1) is 31.3. The third-order valence-electron chi connectivity index (χ3n) is 7.50. The van der Waals surface area contributed by atoms with E-state index in [4.69, 9.17) is 19.2 Å². The summed E-state index contributed by atoms with van der Waals surface area (Å²) in [5, 5.41) is 16.5. The van der Waals surface area contributed by atoms with Gasteiger partial charge in [0, 0.05) is 36.3 Å². The van der Waals surface area contributed by atoms with E-state index >= 15 is 0 Å². The summed E-state index contributed by atoms with van der Waals surface area (Å²) in [4.78, 5) is 44.2. The van der Waals surface area contributed by atoms with Crippen molar-refractivity contribution in [1.82, 2.24) is 14.6 Å². The predicted octanol–water partition coefficient (Wildman–Crippen LogP) is 4.92. The van der Waals surface area contributed by atoms with E-state index in [1.165, 1.54) is 29.1 Å². The summed E-state index contributed by atoms with van der Waals surface area (Å²) in [6.07, 6.45) is 1.32. The van der Waals surface area contributed by atoms with Gasteiger partial charge in [-0.1, -0.05) is 26.0 Å². The fourth-order valence-corrected chi connectivity index (χ4v) is 5.12. The summed E-state index contributed by atoms with van der Waals surface area (Å²) in [5.41, 5.74) is 2.58. The number of fused-ring (bicyclic) bond motifs is 1. The zero-order chi connectivity index (χ0) is 32.1. The molecule has 0 N–H and O–H groups in total. The number of aryl methyl sites for hydroxylation is 1. The largest absolute Gasteiger partial charge is 0.494 e. The monoisotopic (exact) mass is 613 g/mol. The van der Waals surface area contributed by atoms with Crippen molar-refractivity contribution in [2.24, 2.45) is 5.10 Å². The number of para-hydroxylation sites is 1. The second kappa shape index (κ2) is 13.7. The van der Waals surface area contributed by atoms with Crippen LogP contribution in [-0.4, -0.2) is 71.1 Å². The minimum Gasteiger partial charge on any atom is -0.494 e. The number of nitrogens with zero attached hydrogens (tertiary/aromatic N) is 5. The topological polar surface area (TPSA) is 138 Å². The highest BCUT2D eigenvalue weighted by atomic mass is 16.6. The van der Waals surface area contributed by atoms with Crippen molar-refractivity contribution in [1.29, 1.82) is 0 Å². The average molecular weight is 614 g/mol. The Morgan fingerprint density at radius 3 is 2.58 bits per heavy atom. The van der Waals surface area contributed by atoms with Crippen LogP contribution >= 0.6 is 0 Å². The van der Waals surface area contributed by atoms with Gasteiger partial charge in [0.15, 0.2) is 12.4 Å². The lowest BCUT2D eigenvalue weighted by Gasteiger charge is -2.26. The molecule has 45 heavy (non-hydrogen) atoms. The molecule has 3 aromatic carbocycles. The van der Waals surface area contributed by atoms with Crippen LogP contribution in [0.4, 0.5) is 5.69 Å². The lowest BCUT2D eigenvalue weighted by atomic mass is 9.96. The van der Waals surface area contributed by atoms with Gasteiger partial charge in [-0.3, -0.25) is 19.7 Å². The molecule has 0 saturated carbocycles. The summed E-state index contributed by atoms with van der Waals surface area (Å²) in [6, 6.07) is 14.9. The van der Waals surface area contributed by atoms with E-state index in [9.17, 15) is 19.7 Å². The molecule has 1 aromatic heterocycles. The minimum absolute atomic E-state index is 0.125. The maximum atomic E-state index is 13.9. The average Bonchev–Trinajstić information content (AvgIpc) is 3.04. The van der Waals surface area contributed by atoms with Gasteiger partial charge in [-0.2, -0.15) is 9.78 Å². The highest BCUT2D eigenvalue weighted by Gasteiger charge is 2.21. The molecule has 0 unspecified atom stereocenters. The third kappa shape index (κ3) is 6.86. The molecule has 5 rings (SSSR count). The zero-order valence-corrected chi connectivity index (χ0v) is 25.7. The Kier molecular flexibility index (Phi) is 9.53. The fourth-order valence-electron chi connectivity index (χ4n) is 5.12. The van der Waals surface area contributed by atoms with Crippen molar-refractivity contribution >= 4 is 28.7 Å². The molecule has 234 valence electrons. The van der Waals surface area contributed by atoms with Gasteiger partial charge < -0.3 is 19.1 Å². The molecule has 0 spiro atoms. The van der Waals surface area contributed by atoms with Crippen LogP contribution in [0.2, 0.25) is 0 Å². The van der Waals surface area contributed by atoms with Gasteiger partial charge in [0.05, 0.1) is 41.9 Å². The quantitative estimate of drug-likeness (QED) is 0.140. The van der Waals surface area contributed by atoms with Crippen molar-refractivity contribution in [3.05, 3.63) is 91.8 Å². The van der Waals surface area contributed by atoms with E-state index < -0.39 is 10.5 Å². The Hall–Kier alpha value is -5.10. The first-order valence-corrected chi connectivity index (χ1v) is 14.8. The van der Waals surface area contributed by atoms with E-state index in [0.29, 0.717) is 55.2 Å². The summed E-state index contributed by atoms with van der Waals surface area (Å²) in [7, 11) is 0. The van der Waals surface area contributed by atoms with Crippen LogP contribution in [0.15, 0.2) is 64.5 Å². The summed E-state index contributed by atoms with van der Waals surface area (Å²) >= 11 is 0. The van der Waals surface area contributed by atoms with Crippen LogP contribution in [0.3, 0.4) is 0 Å². The molecule has 0 radical (unpaired) electrons. The number of non-ortho nitro benzene ring substituents is 1. The molecule has 12 nitrogen and oxygen atoms in total. The molecular weight excluding hydrogens is 578 g/mol. The highest BCUT2D eigenvalue weighted by molar-refractivity contribution is 5.86. The number of nitro benzene ring substituents is 1. The van der Waals surface area contributed by atoms with Crippen molar-refractivity contribution in [3.8, 4) is 22.9 Å². The zero-order valence-electron chi connectivity index (χ0n) is 25.7. The maximum absolute atomic E-state index is 13.9. The maximum Gasteiger partial charge on any atom is 0.282 e. The van der Waals surface area contributed by atoms with E-state index in [2.05, 4.69) is 18.9 Å². The van der Waals surface area contributed by atoms with E-state index in [1.807, 2.05) is 32.0 Å². The van der Waals surface area contributed by atoms with Crippen LogP contribution in [0.25, 0.3) is 22.3 Å². The molecule has 4 aromatic rings. The summed E-state index contributed by atoms with van der Waals surface area (Å²) in [6.45, 7) is 10.0. The Morgan fingerprint density at radius 2 is 1.87 bits per heavy atom. The normalized spacial score (nSPS) is 13.5. The van der Waals surface area contributed by atoms with E-state index in [-0.39, 0.29) is 35.4 Å². The summed E-state index contributed by atoms with van der Waals surface area (Å²) < 4.78 is 18.2. The highest BCUT2D eigenvalue weighted by Crippen LogP contribution is 2.34. The fraction of sp³-hybridized carbons (Fsp3) is 0.333. The second-order valence-corrected chi connectivity index (χ2v) is 10.9. The van der Waals surface area contributed by atoms with Crippen LogP contribution in [-0.2, 0) is 9.53 Å². The van der Waals surface area contributed by atoms with Crippen LogP contribution < -0.4 is 15.0 Å². The Balaban J connectivity index is 1.61. The molecule has 0 bridgehead atoms. The lowest BCUT2D eigenvalue weighted by Crippen LogP contribution is -2.43. The van der Waals surface area contributed by atoms with E-state index in [0.717, 1.165) is 16.9 Å². The summed E-state index contributed by atoms with van der Waals surface area (Å²) in [5.74, 6) is 1.15. The second-order valence-electron chi connectivity index (χ2n) is 10.9. The molecule has 0 aliphatic carbocycles. The Bertz CT molecular complexity index is 1830. The number of nitro groups is 1. The number of hydrogen-bond donors (Lipinski definition) is 0. The number of morpholine rings is 1. The molecule has 1 amide bonds. The van der Waals surface area contributed by atoms with Gasteiger partial charge in [0.1, 0.15) is 11.5 Å². The number of carbonyl (C=O) groups excluding carboxylic acids is 1. The number of amides is 1. The van der Waals surface area contributed by atoms with Crippen molar-refractivity contribution in [2.45, 2.75) is 33.6 Å². The van der Waals surface area contributed by atoms with E-state index in [1.54, 1.807) is 23.1 Å². The smallest absolute Gasteiger partial charge is 0.282 e. The van der Waals surface area contributed by atoms with Gasteiger partial charge in [-0.25, -0.2) is 4.98 Å². The van der Waals surface area contributed by atoms with Crippen LogP contribution in [0.1, 0.15) is 43.4 Å². The molecule has 2 heterocycles. The molecule has 1 fully saturated rings. The predicted molar refractivity (Wildman–Crippen MR) is 170 cm³/mol. The lowest BCUT2D eigenvalue weighted by molar-refractivity contribution is -0.384. The first-order chi connectivity index (χ1) is 21.7. The van der Waals surface area contributed by atoms with Gasteiger partial charge in [-0.05, 0) is 61.2 Å². The standard InChI is InChI=1S/C33H35N5O7/c1-5-44-30-16-22(4)27(18-26(30)21(2)3)32-35-28-9-7-6-8-25(28)33(40)37(32)34-19-23-17-24(38(41)42)10-11-29(23)45-20-31(39)36-12-14-43-15-13-36/h6-11,16-19,21H,5,12-15,20H2,1-4H3. The van der Waals surface area contributed by atoms with Crippen molar-refractivity contribution in [2.75, 3.05) is 39.5 Å². The van der Waals surface area contributed by atoms with Crippen LogP contribution in [0.5, 0.6) is 11.5 Å². The number of ether oxygens (including phenoxy) is 3. The van der Waals surface area contributed by atoms with Crippen molar-refractivity contribution < 1.29 is 23.9 Å². The SMILES string of the molecule is CCOc1cc(C)c(-c2nc3ccccc3c(=O)n2N=Cc2cc([N+](=O)[O-])ccc2OCC(=O)N2CCOCC2)cc1C(C)C. The van der Waals surface area contributed by atoms with Crippen molar-refractivity contribution in [3.63, 3.8) is 0 Å². The number of aromatic nitrogens is 2. The molecule has 0 atom stereocenters. The number of hydrogen-bond acceptors (Lipinski definition) is 9. The molecule has 12 heteroatoms. The van der Waals surface area contributed by atoms with Crippen LogP contribution in [0, 0.1) is 17.0 Å². The van der Waals surface area contributed by atoms with Gasteiger partial charge >= 0.3 is 0 Å². The third-order valence-corrected chi connectivity index (χ3v) is 7.50. The minimum atomic E-state index is -0.536. The molecule has 1 aliphatic heterocycles. The molecule has 1 aliphatic rings. The number of rotatable bonds is 10. The molecule has 1 saturated heterocycles. The number of carbonyl (C=O) groups is 1.